The maximum atomic E-state index is 12.2. The Kier molecular flexibility index (Phi) is 11.6. The number of carbonyl (C=O) groups is 4. The molecule has 1 fully saturated rings. The molecule has 0 saturated carbocycles. The van der Waals surface area contributed by atoms with Crippen LogP contribution >= 0.6 is 0 Å². The molecule has 6 N–H and O–H groups in total. The molecule has 1 aliphatic heterocycles. The largest absolute Gasteiger partial charge is 0.490 e. The van der Waals surface area contributed by atoms with E-state index in [0.29, 0.717) is 22.6 Å². The molecule has 0 unspecified atom stereocenters. The first-order valence-electron chi connectivity index (χ1n) is 10.4. The van der Waals surface area contributed by atoms with E-state index in [0.717, 1.165) is 25.9 Å². The van der Waals surface area contributed by atoms with Crippen molar-refractivity contribution in [1.29, 1.82) is 0 Å². The summed E-state index contributed by atoms with van der Waals surface area (Å²) in [7, 11) is 0. The fourth-order valence-corrected chi connectivity index (χ4v) is 2.67. The number of carboxylic acids is 2. The number of pyridine rings is 2. The number of aromatic nitrogens is 2. The highest BCUT2D eigenvalue weighted by Gasteiger charge is 2.38. The second kappa shape index (κ2) is 13.9. The highest BCUT2D eigenvalue weighted by Crippen LogP contribution is 2.19. The SMILES string of the molecule is NC(=O)c1ccnc(-c2ccc(NC(=O)C3CCNCC3)cn2)c1.O=C(O)C(F)(F)F.O=C(O)C(F)(F)F. The molecule has 0 atom stereocenters. The van der Waals surface area contributed by atoms with E-state index in [4.69, 9.17) is 25.5 Å². The standard InChI is InChI=1S/C17H19N5O2.2C2HF3O2/c18-16(23)12-5-8-20-15(9-12)14-2-1-13(10-21-14)22-17(24)11-3-6-19-7-4-11;2*3-2(4,5)1(6)7/h1-2,5,8-11,19H,3-4,6-7H2,(H2,18,23)(H,22,24);2*(H,6,7). The predicted molar refractivity (Wildman–Crippen MR) is 118 cm³/mol. The lowest BCUT2D eigenvalue weighted by atomic mass is 9.97. The highest BCUT2D eigenvalue weighted by molar-refractivity contribution is 5.94. The van der Waals surface area contributed by atoms with Gasteiger partial charge in [-0.2, -0.15) is 26.3 Å². The van der Waals surface area contributed by atoms with Crippen LogP contribution in [0.3, 0.4) is 0 Å². The Hall–Kier alpha value is -4.28. The van der Waals surface area contributed by atoms with Gasteiger partial charge in [-0.05, 0) is 50.2 Å². The topological polar surface area (TPSA) is 185 Å². The Bertz CT molecular complexity index is 1090. The summed E-state index contributed by atoms with van der Waals surface area (Å²) in [5.74, 6) is -5.95. The maximum Gasteiger partial charge on any atom is 0.490 e. The smallest absolute Gasteiger partial charge is 0.475 e. The van der Waals surface area contributed by atoms with Crippen LogP contribution in [0.5, 0.6) is 0 Å². The number of piperidine rings is 1. The number of rotatable bonds is 4. The molecule has 1 aliphatic rings. The highest BCUT2D eigenvalue weighted by atomic mass is 19.4. The van der Waals surface area contributed by atoms with E-state index in [2.05, 4.69) is 20.6 Å². The number of nitrogens with zero attached hydrogens (tertiary/aromatic N) is 2. The van der Waals surface area contributed by atoms with E-state index in [1.165, 1.54) is 6.20 Å². The summed E-state index contributed by atoms with van der Waals surface area (Å²) in [6, 6.07) is 6.68. The van der Waals surface area contributed by atoms with Crippen molar-refractivity contribution in [3.8, 4) is 11.4 Å². The number of primary amides is 1. The molecule has 208 valence electrons. The third-order valence-corrected chi connectivity index (χ3v) is 4.53. The molecule has 2 amide bonds. The third-order valence-electron chi connectivity index (χ3n) is 4.53. The molecule has 0 spiro atoms. The van der Waals surface area contributed by atoms with Crippen molar-refractivity contribution in [3.05, 3.63) is 42.2 Å². The van der Waals surface area contributed by atoms with Crippen molar-refractivity contribution in [2.24, 2.45) is 11.7 Å². The number of nitrogens with one attached hydrogen (secondary N) is 2. The van der Waals surface area contributed by atoms with Gasteiger partial charge in [0, 0.05) is 17.7 Å². The molecule has 0 aromatic carbocycles. The zero-order chi connectivity index (χ0) is 29.1. The Morgan fingerprint density at radius 1 is 0.895 bits per heavy atom. The number of halogens is 6. The number of hydrogen-bond donors (Lipinski definition) is 5. The zero-order valence-corrected chi connectivity index (χ0v) is 19.1. The second-order valence-corrected chi connectivity index (χ2v) is 7.35. The number of hydrogen-bond acceptors (Lipinski definition) is 7. The summed E-state index contributed by atoms with van der Waals surface area (Å²) in [5.41, 5.74) is 7.46. The number of carboxylic acid groups (broad SMARTS) is 2. The quantitative estimate of drug-likeness (QED) is 0.355. The van der Waals surface area contributed by atoms with Crippen LogP contribution in [-0.4, -0.2) is 69.4 Å². The minimum absolute atomic E-state index is 0.0277. The van der Waals surface area contributed by atoms with Crippen molar-refractivity contribution in [3.63, 3.8) is 0 Å². The van der Waals surface area contributed by atoms with Gasteiger partial charge in [-0.3, -0.25) is 19.6 Å². The first kappa shape index (κ1) is 31.7. The van der Waals surface area contributed by atoms with Crippen molar-refractivity contribution >= 4 is 29.4 Å². The molecular formula is C21H21F6N5O6. The molecule has 38 heavy (non-hydrogen) atoms. The van der Waals surface area contributed by atoms with Crippen LogP contribution in [-0.2, 0) is 14.4 Å². The van der Waals surface area contributed by atoms with Gasteiger partial charge in [0.1, 0.15) is 0 Å². The average molecular weight is 553 g/mol. The minimum Gasteiger partial charge on any atom is -0.475 e. The van der Waals surface area contributed by atoms with E-state index < -0.39 is 30.2 Å². The Labute approximate surface area is 210 Å². The third kappa shape index (κ3) is 11.2. The normalized spacial score (nSPS) is 13.6. The minimum atomic E-state index is -5.08. The monoisotopic (exact) mass is 553 g/mol. The van der Waals surface area contributed by atoms with Gasteiger partial charge in [0.2, 0.25) is 11.8 Å². The van der Waals surface area contributed by atoms with Crippen molar-refractivity contribution in [2.45, 2.75) is 25.2 Å². The van der Waals surface area contributed by atoms with Gasteiger partial charge in [-0.1, -0.05) is 0 Å². The second-order valence-electron chi connectivity index (χ2n) is 7.35. The summed E-state index contributed by atoms with van der Waals surface area (Å²) in [6.07, 6.45) is -5.36. The van der Waals surface area contributed by atoms with Gasteiger partial charge < -0.3 is 26.6 Å². The van der Waals surface area contributed by atoms with E-state index >= 15 is 0 Å². The van der Waals surface area contributed by atoms with Crippen molar-refractivity contribution < 1.29 is 55.7 Å². The van der Waals surface area contributed by atoms with Crippen LogP contribution < -0.4 is 16.4 Å². The first-order valence-corrected chi connectivity index (χ1v) is 10.4. The van der Waals surface area contributed by atoms with Crippen molar-refractivity contribution in [1.82, 2.24) is 15.3 Å². The van der Waals surface area contributed by atoms with Crippen LogP contribution in [0.25, 0.3) is 11.4 Å². The molecule has 17 heteroatoms. The molecule has 0 radical (unpaired) electrons. The molecule has 3 heterocycles. The number of nitrogens with two attached hydrogens (primary N) is 1. The Morgan fingerprint density at radius 2 is 1.42 bits per heavy atom. The average Bonchev–Trinajstić information content (AvgIpc) is 2.84. The van der Waals surface area contributed by atoms with Crippen LogP contribution in [0.2, 0.25) is 0 Å². The Balaban J connectivity index is 0.000000426. The van der Waals surface area contributed by atoms with E-state index in [1.807, 2.05) is 0 Å². The number of aliphatic carboxylic acids is 2. The number of alkyl halides is 6. The van der Waals surface area contributed by atoms with Gasteiger partial charge in [0.05, 0.1) is 23.3 Å². The molecule has 2 aromatic rings. The number of carbonyl (C=O) groups excluding carboxylic acids is 2. The fraction of sp³-hybridized carbons (Fsp3) is 0.333. The number of amides is 2. The molecular weight excluding hydrogens is 532 g/mol. The molecule has 3 rings (SSSR count). The predicted octanol–water partition coefficient (Wildman–Crippen LogP) is 2.45. The van der Waals surface area contributed by atoms with E-state index in [-0.39, 0.29) is 11.8 Å². The molecule has 1 saturated heterocycles. The maximum absolute atomic E-state index is 12.2. The van der Waals surface area contributed by atoms with Gasteiger partial charge in [-0.25, -0.2) is 9.59 Å². The van der Waals surface area contributed by atoms with Gasteiger partial charge in [0.25, 0.3) is 0 Å². The fourth-order valence-electron chi connectivity index (χ4n) is 2.67. The molecule has 11 nitrogen and oxygen atoms in total. The van der Waals surface area contributed by atoms with Gasteiger partial charge in [0.15, 0.2) is 0 Å². The summed E-state index contributed by atoms with van der Waals surface area (Å²) in [5, 5.41) is 20.4. The van der Waals surface area contributed by atoms with Crippen molar-refractivity contribution in [2.75, 3.05) is 18.4 Å². The van der Waals surface area contributed by atoms with E-state index in [9.17, 15) is 35.9 Å². The van der Waals surface area contributed by atoms with Crippen LogP contribution in [0, 0.1) is 5.92 Å². The lowest BCUT2D eigenvalue weighted by molar-refractivity contribution is -0.193. The van der Waals surface area contributed by atoms with Crippen LogP contribution in [0.15, 0.2) is 36.7 Å². The lowest BCUT2D eigenvalue weighted by Gasteiger charge is -2.21. The first-order chi connectivity index (χ1) is 17.5. The zero-order valence-electron chi connectivity index (χ0n) is 19.1. The van der Waals surface area contributed by atoms with Crippen LogP contribution in [0.1, 0.15) is 23.2 Å². The van der Waals surface area contributed by atoms with Crippen LogP contribution in [0.4, 0.5) is 32.0 Å². The summed E-state index contributed by atoms with van der Waals surface area (Å²) in [6.45, 7) is 1.74. The van der Waals surface area contributed by atoms with Gasteiger partial charge >= 0.3 is 24.3 Å². The summed E-state index contributed by atoms with van der Waals surface area (Å²) < 4.78 is 63.5. The summed E-state index contributed by atoms with van der Waals surface area (Å²) in [4.78, 5) is 49.7. The summed E-state index contributed by atoms with van der Waals surface area (Å²) >= 11 is 0. The molecule has 0 aliphatic carbocycles. The molecule has 2 aromatic heterocycles. The Morgan fingerprint density at radius 3 is 1.84 bits per heavy atom. The number of anilines is 1. The molecule has 0 bridgehead atoms. The van der Waals surface area contributed by atoms with E-state index in [1.54, 1.807) is 30.5 Å². The lowest BCUT2D eigenvalue weighted by Crippen LogP contribution is -2.34. The van der Waals surface area contributed by atoms with Gasteiger partial charge in [-0.15, -0.1) is 0 Å².